The fraction of sp³-hybridized carbons (Fsp3) is 0.143. The van der Waals surface area contributed by atoms with Crippen LogP contribution in [0.1, 0.15) is 11.1 Å². The van der Waals surface area contributed by atoms with Gasteiger partial charge in [0.1, 0.15) is 12.4 Å². The van der Waals surface area contributed by atoms with E-state index in [4.69, 9.17) is 10.5 Å². The first-order chi connectivity index (χ1) is 8.70. The second kappa shape index (κ2) is 6.36. The Morgan fingerprint density at radius 1 is 1.00 bits per heavy atom. The molecule has 0 fully saturated rings. The monoisotopic (exact) mass is 369 g/mol. The first-order valence-electron chi connectivity index (χ1n) is 5.55. The summed E-state index contributed by atoms with van der Waals surface area (Å²) in [7, 11) is 0. The van der Waals surface area contributed by atoms with E-state index in [9.17, 15) is 0 Å². The highest BCUT2D eigenvalue weighted by atomic mass is 79.9. The standard InChI is InChI=1S/C14H13Br2NO/c15-12-5-6-14(11(7-12)8-17)18-9-10-3-1-2-4-13(10)16/h1-7H,8-9,17H2. The van der Waals surface area contributed by atoms with Gasteiger partial charge in [0.05, 0.1) is 0 Å². The maximum atomic E-state index is 5.82. The lowest BCUT2D eigenvalue weighted by Crippen LogP contribution is -2.03. The molecular formula is C14H13Br2NO. The topological polar surface area (TPSA) is 35.2 Å². The van der Waals surface area contributed by atoms with Crippen LogP contribution in [0.25, 0.3) is 0 Å². The van der Waals surface area contributed by atoms with Gasteiger partial charge >= 0.3 is 0 Å². The Bertz CT molecular complexity index is 543. The molecule has 0 radical (unpaired) electrons. The van der Waals surface area contributed by atoms with Gasteiger partial charge in [-0.1, -0.05) is 50.1 Å². The van der Waals surface area contributed by atoms with Crippen LogP contribution >= 0.6 is 31.9 Å². The first kappa shape index (κ1) is 13.6. The minimum atomic E-state index is 0.463. The van der Waals surface area contributed by atoms with E-state index in [1.807, 2.05) is 42.5 Å². The van der Waals surface area contributed by atoms with Crippen LogP contribution in [-0.4, -0.2) is 0 Å². The molecule has 18 heavy (non-hydrogen) atoms. The summed E-state index contributed by atoms with van der Waals surface area (Å²) in [5, 5.41) is 0. The van der Waals surface area contributed by atoms with Gasteiger partial charge in [0.25, 0.3) is 0 Å². The second-order valence-corrected chi connectivity index (χ2v) is 5.61. The Morgan fingerprint density at radius 2 is 1.78 bits per heavy atom. The highest BCUT2D eigenvalue weighted by Gasteiger charge is 2.05. The third-order valence-electron chi connectivity index (χ3n) is 2.58. The molecule has 0 aliphatic rings. The van der Waals surface area contributed by atoms with E-state index in [0.29, 0.717) is 13.2 Å². The molecule has 0 atom stereocenters. The Balaban J connectivity index is 2.13. The summed E-state index contributed by atoms with van der Waals surface area (Å²) in [5.41, 5.74) is 7.82. The van der Waals surface area contributed by atoms with Crippen molar-refractivity contribution in [2.75, 3.05) is 0 Å². The molecule has 94 valence electrons. The molecule has 0 spiro atoms. The van der Waals surface area contributed by atoms with Crippen LogP contribution in [0, 0.1) is 0 Å². The van der Waals surface area contributed by atoms with E-state index in [-0.39, 0.29) is 0 Å². The van der Waals surface area contributed by atoms with Crippen LogP contribution in [0.15, 0.2) is 51.4 Å². The van der Waals surface area contributed by atoms with Crippen LogP contribution in [0.5, 0.6) is 5.75 Å². The summed E-state index contributed by atoms with van der Waals surface area (Å²) < 4.78 is 7.88. The maximum Gasteiger partial charge on any atom is 0.124 e. The van der Waals surface area contributed by atoms with Crippen molar-refractivity contribution < 1.29 is 4.74 Å². The normalized spacial score (nSPS) is 10.4. The Kier molecular flexibility index (Phi) is 4.80. The van der Waals surface area contributed by atoms with Gasteiger partial charge in [0.2, 0.25) is 0 Å². The third-order valence-corrected chi connectivity index (χ3v) is 3.85. The number of hydrogen-bond acceptors (Lipinski definition) is 2. The number of nitrogens with two attached hydrogens (primary N) is 1. The first-order valence-corrected chi connectivity index (χ1v) is 7.14. The predicted molar refractivity (Wildman–Crippen MR) is 80.5 cm³/mol. The molecule has 0 heterocycles. The van der Waals surface area contributed by atoms with E-state index in [1.165, 1.54) is 0 Å². The summed E-state index contributed by atoms with van der Waals surface area (Å²) in [6.45, 7) is 0.987. The number of rotatable bonds is 4. The van der Waals surface area contributed by atoms with Gasteiger partial charge in [-0.3, -0.25) is 0 Å². The van der Waals surface area contributed by atoms with E-state index >= 15 is 0 Å². The number of halogens is 2. The highest BCUT2D eigenvalue weighted by Crippen LogP contribution is 2.25. The van der Waals surface area contributed by atoms with Gasteiger partial charge in [-0.25, -0.2) is 0 Å². The van der Waals surface area contributed by atoms with Crippen LogP contribution in [-0.2, 0) is 13.2 Å². The van der Waals surface area contributed by atoms with E-state index in [2.05, 4.69) is 31.9 Å². The van der Waals surface area contributed by atoms with Crippen molar-refractivity contribution in [2.24, 2.45) is 5.73 Å². The van der Waals surface area contributed by atoms with Crippen molar-refractivity contribution in [2.45, 2.75) is 13.2 Å². The van der Waals surface area contributed by atoms with Gasteiger partial charge in [0, 0.05) is 26.6 Å². The zero-order valence-electron chi connectivity index (χ0n) is 9.70. The van der Waals surface area contributed by atoms with Crippen LogP contribution < -0.4 is 10.5 Å². The molecule has 4 heteroatoms. The summed E-state index contributed by atoms with van der Waals surface area (Å²) in [6, 6.07) is 13.9. The van der Waals surface area contributed by atoms with Gasteiger partial charge < -0.3 is 10.5 Å². The smallest absolute Gasteiger partial charge is 0.124 e. The van der Waals surface area contributed by atoms with Gasteiger partial charge in [0.15, 0.2) is 0 Å². The molecule has 2 aromatic rings. The molecule has 0 aliphatic heterocycles. The van der Waals surface area contributed by atoms with Gasteiger partial charge in [-0.2, -0.15) is 0 Å². The van der Waals surface area contributed by atoms with Crippen molar-refractivity contribution in [3.63, 3.8) is 0 Å². The predicted octanol–water partition coefficient (Wildman–Crippen LogP) is 4.25. The average molecular weight is 371 g/mol. The molecule has 2 nitrogen and oxygen atoms in total. The van der Waals surface area contributed by atoms with Crippen molar-refractivity contribution in [1.82, 2.24) is 0 Å². The highest BCUT2D eigenvalue weighted by molar-refractivity contribution is 9.10. The molecule has 0 unspecified atom stereocenters. The lowest BCUT2D eigenvalue weighted by Gasteiger charge is -2.11. The van der Waals surface area contributed by atoms with Crippen molar-refractivity contribution in [1.29, 1.82) is 0 Å². The Morgan fingerprint density at radius 3 is 2.50 bits per heavy atom. The molecular weight excluding hydrogens is 358 g/mol. The SMILES string of the molecule is NCc1cc(Br)ccc1OCc1ccccc1Br. The fourth-order valence-corrected chi connectivity index (χ4v) is 2.43. The molecule has 0 aliphatic carbocycles. The van der Waals surface area contributed by atoms with Crippen molar-refractivity contribution in [3.8, 4) is 5.75 Å². The maximum absolute atomic E-state index is 5.82. The summed E-state index contributed by atoms with van der Waals surface area (Å²) in [6.07, 6.45) is 0. The zero-order valence-corrected chi connectivity index (χ0v) is 12.9. The lowest BCUT2D eigenvalue weighted by atomic mass is 10.2. The van der Waals surface area contributed by atoms with Crippen LogP contribution in [0.4, 0.5) is 0 Å². The molecule has 0 saturated heterocycles. The molecule has 2 aromatic carbocycles. The van der Waals surface area contributed by atoms with E-state index in [0.717, 1.165) is 25.8 Å². The number of ether oxygens (including phenoxy) is 1. The quantitative estimate of drug-likeness (QED) is 0.873. The zero-order chi connectivity index (χ0) is 13.0. The van der Waals surface area contributed by atoms with Crippen LogP contribution in [0.3, 0.4) is 0 Å². The van der Waals surface area contributed by atoms with Gasteiger partial charge in [-0.05, 0) is 24.3 Å². The molecule has 0 aromatic heterocycles. The molecule has 0 saturated carbocycles. The lowest BCUT2D eigenvalue weighted by molar-refractivity contribution is 0.302. The molecule has 0 amide bonds. The second-order valence-electron chi connectivity index (χ2n) is 3.84. The van der Waals surface area contributed by atoms with Crippen LogP contribution in [0.2, 0.25) is 0 Å². The number of benzene rings is 2. The Labute approximate surface area is 123 Å². The summed E-state index contributed by atoms with van der Waals surface area (Å²) >= 11 is 6.93. The third kappa shape index (κ3) is 3.34. The summed E-state index contributed by atoms with van der Waals surface area (Å²) in [5.74, 6) is 0.830. The molecule has 2 N–H and O–H groups in total. The van der Waals surface area contributed by atoms with E-state index in [1.54, 1.807) is 0 Å². The average Bonchev–Trinajstić information content (AvgIpc) is 2.39. The fourth-order valence-electron chi connectivity index (χ4n) is 1.62. The summed E-state index contributed by atoms with van der Waals surface area (Å²) in [4.78, 5) is 0. The number of hydrogen-bond donors (Lipinski definition) is 1. The largest absolute Gasteiger partial charge is 0.489 e. The van der Waals surface area contributed by atoms with Crippen molar-refractivity contribution >= 4 is 31.9 Å². The Hall–Kier alpha value is -0.840. The van der Waals surface area contributed by atoms with Crippen molar-refractivity contribution in [3.05, 3.63) is 62.5 Å². The van der Waals surface area contributed by atoms with Gasteiger partial charge in [-0.15, -0.1) is 0 Å². The molecule has 2 rings (SSSR count). The minimum absolute atomic E-state index is 0.463. The van der Waals surface area contributed by atoms with E-state index < -0.39 is 0 Å². The minimum Gasteiger partial charge on any atom is -0.489 e. The molecule has 0 bridgehead atoms.